The Morgan fingerprint density at radius 3 is 2.62 bits per heavy atom. The lowest BCUT2D eigenvalue weighted by Gasteiger charge is -2.29. The number of imide groups is 1. The third-order valence-electron chi connectivity index (χ3n) is 4.78. The van der Waals surface area contributed by atoms with Gasteiger partial charge in [-0.05, 0) is 24.8 Å². The van der Waals surface area contributed by atoms with E-state index in [2.05, 4.69) is 4.98 Å². The molecule has 1 aromatic carbocycles. The predicted octanol–water partition coefficient (Wildman–Crippen LogP) is 2.79. The minimum atomic E-state index is -0.357. The van der Waals surface area contributed by atoms with Crippen molar-refractivity contribution in [2.45, 2.75) is 19.3 Å². The second-order valence-corrected chi connectivity index (χ2v) is 6.42. The number of hydrogen-bond acceptors (Lipinski definition) is 3. The highest BCUT2D eigenvalue weighted by Crippen LogP contribution is 2.32. The lowest BCUT2D eigenvalue weighted by molar-refractivity contribution is -0.122. The molecule has 1 N–H and O–H groups in total. The van der Waals surface area contributed by atoms with Gasteiger partial charge in [0.2, 0.25) is 0 Å². The van der Waals surface area contributed by atoms with E-state index in [0.29, 0.717) is 41.6 Å². The zero-order valence-corrected chi connectivity index (χ0v) is 14.2. The highest BCUT2D eigenvalue weighted by atomic mass is 16.2. The number of benzene rings is 1. The van der Waals surface area contributed by atoms with Crippen LogP contribution in [0.25, 0.3) is 11.6 Å². The Balaban J connectivity index is 1.76. The third kappa shape index (κ3) is 2.71. The molecule has 130 valence electrons. The quantitative estimate of drug-likeness (QED) is 0.869. The number of H-pyrrole nitrogens is 1. The summed E-state index contributed by atoms with van der Waals surface area (Å²) in [6.07, 6.45) is 8.92. The number of carbonyl (C=O) groups excluding carboxylic acids is 2. The summed E-state index contributed by atoms with van der Waals surface area (Å²) < 4.78 is 0. The maximum absolute atomic E-state index is 13.0. The van der Waals surface area contributed by atoms with Crippen molar-refractivity contribution in [1.82, 2.24) is 9.88 Å². The molecule has 0 saturated heterocycles. The van der Waals surface area contributed by atoms with E-state index in [4.69, 9.17) is 0 Å². The number of allylic oxidation sites excluding steroid dienone is 2. The fraction of sp³-hybridized carbons (Fsp3) is 0.190. The standard InChI is InChI=1S/C21H18N2O3/c24-19-15-9-5-2-6-10-16-18(15)17(13-22-19)21(26)23(20(16)25)12-11-14-7-3-1-4-8-14/h1,3-5,7-10,13H,2,6,11-12H2,(H,22,24)/b9-5-,16-10+. The van der Waals surface area contributed by atoms with Gasteiger partial charge in [-0.3, -0.25) is 19.3 Å². The zero-order valence-electron chi connectivity index (χ0n) is 14.2. The Morgan fingerprint density at radius 2 is 1.81 bits per heavy atom. The first kappa shape index (κ1) is 16.3. The Hall–Kier alpha value is -3.21. The minimum absolute atomic E-state index is 0.286. The second-order valence-electron chi connectivity index (χ2n) is 6.42. The molecule has 1 aromatic heterocycles. The molecule has 0 unspecified atom stereocenters. The molecule has 0 bridgehead atoms. The molecule has 2 amide bonds. The van der Waals surface area contributed by atoms with Gasteiger partial charge in [0.25, 0.3) is 17.4 Å². The fourth-order valence-electron chi connectivity index (χ4n) is 3.46. The van der Waals surface area contributed by atoms with Crippen LogP contribution in [0, 0.1) is 0 Å². The van der Waals surface area contributed by atoms with Crippen molar-refractivity contribution in [2.24, 2.45) is 0 Å². The number of aromatic nitrogens is 1. The van der Waals surface area contributed by atoms with E-state index < -0.39 is 0 Å². The molecule has 0 radical (unpaired) electrons. The van der Waals surface area contributed by atoms with Gasteiger partial charge in [0.1, 0.15) is 0 Å². The van der Waals surface area contributed by atoms with Crippen molar-refractivity contribution < 1.29 is 9.59 Å². The summed E-state index contributed by atoms with van der Waals surface area (Å²) in [5, 5.41) is 0. The van der Waals surface area contributed by atoms with Crippen LogP contribution in [-0.2, 0) is 11.2 Å². The van der Waals surface area contributed by atoms with E-state index in [0.717, 1.165) is 12.0 Å². The maximum Gasteiger partial charge on any atom is 0.262 e. The summed E-state index contributed by atoms with van der Waals surface area (Å²) in [7, 11) is 0. The van der Waals surface area contributed by atoms with Gasteiger partial charge in [-0.2, -0.15) is 0 Å². The molecule has 5 nitrogen and oxygen atoms in total. The molecule has 1 aliphatic heterocycles. The number of hydrogen-bond donors (Lipinski definition) is 1. The van der Waals surface area contributed by atoms with Crippen molar-refractivity contribution in [2.75, 3.05) is 6.54 Å². The Labute approximate surface area is 150 Å². The third-order valence-corrected chi connectivity index (χ3v) is 4.78. The normalized spacial score (nSPS) is 19.2. The average molecular weight is 346 g/mol. The van der Waals surface area contributed by atoms with Crippen LogP contribution >= 0.6 is 0 Å². The number of pyridine rings is 1. The Bertz CT molecular complexity index is 1000. The van der Waals surface area contributed by atoms with Crippen LogP contribution in [0.15, 0.2) is 53.5 Å². The second kappa shape index (κ2) is 6.59. The summed E-state index contributed by atoms with van der Waals surface area (Å²) in [5.41, 5.74) is 2.47. The van der Waals surface area contributed by atoms with E-state index in [1.54, 1.807) is 6.08 Å². The molecule has 0 fully saturated rings. The number of nitrogens with one attached hydrogen (secondary N) is 1. The van der Waals surface area contributed by atoms with Crippen LogP contribution in [0.2, 0.25) is 0 Å². The van der Waals surface area contributed by atoms with Crippen LogP contribution in [-0.4, -0.2) is 28.2 Å². The monoisotopic (exact) mass is 346 g/mol. The van der Waals surface area contributed by atoms with E-state index in [1.807, 2.05) is 42.5 Å². The molecule has 0 saturated carbocycles. The summed E-state index contributed by atoms with van der Waals surface area (Å²) in [4.78, 5) is 42.1. The van der Waals surface area contributed by atoms with Gasteiger partial charge in [-0.1, -0.05) is 48.6 Å². The predicted molar refractivity (Wildman–Crippen MR) is 99.5 cm³/mol. The van der Waals surface area contributed by atoms with E-state index >= 15 is 0 Å². The molecular formula is C21H18N2O3. The summed E-state index contributed by atoms with van der Waals surface area (Å²) >= 11 is 0. The molecule has 26 heavy (non-hydrogen) atoms. The average Bonchev–Trinajstić information content (AvgIpc) is 2.63. The number of carbonyl (C=O) groups is 2. The van der Waals surface area contributed by atoms with Crippen LogP contribution in [0.4, 0.5) is 0 Å². The molecule has 0 atom stereocenters. The summed E-state index contributed by atoms with van der Waals surface area (Å²) in [5.74, 6) is -0.676. The van der Waals surface area contributed by atoms with Crippen LogP contribution < -0.4 is 5.56 Å². The van der Waals surface area contributed by atoms with Crippen molar-refractivity contribution in [3.05, 3.63) is 81.3 Å². The SMILES string of the molecule is O=C1/C2=C/CC/C=C\c3c2c(c[nH]c3=O)C(=O)N1CCc1ccccc1. The molecular weight excluding hydrogens is 328 g/mol. The van der Waals surface area contributed by atoms with Crippen molar-refractivity contribution in [3.63, 3.8) is 0 Å². The topological polar surface area (TPSA) is 70.2 Å². The zero-order chi connectivity index (χ0) is 18.1. The molecule has 5 heteroatoms. The van der Waals surface area contributed by atoms with Crippen molar-refractivity contribution in [3.8, 4) is 0 Å². The minimum Gasteiger partial charge on any atom is -0.328 e. The van der Waals surface area contributed by atoms with Crippen molar-refractivity contribution >= 4 is 23.5 Å². The van der Waals surface area contributed by atoms with Gasteiger partial charge in [0, 0.05) is 29.4 Å². The molecule has 2 heterocycles. The summed E-state index contributed by atoms with van der Waals surface area (Å²) in [6.45, 7) is 0.308. The van der Waals surface area contributed by atoms with Gasteiger partial charge in [-0.15, -0.1) is 0 Å². The molecule has 2 aliphatic rings. The lowest BCUT2D eigenvalue weighted by atomic mass is 9.88. The largest absolute Gasteiger partial charge is 0.328 e. The van der Waals surface area contributed by atoms with Gasteiger partial charge in [0.15, 0.2) is 0 Å². The van der Waals surface area contributed by atoms with Gasteiger partial charge in [0.05, 0.1) is 5.56 Å². The van der Waals surface area contributed by atoms with Crippen LogP contribution in [0.1, 0.15) is 39.9 Å². The van der Waals surface area contributed by atoms with Gasteiger partial charge >= 0.3 is 0 Å². The van der Waals surface area contributed by atoms with Crippen LogP contribution in [0.3, 0.4) is 0 Å². The number of aromatic amines is 1. The first-order chi connectivity index (χ1) is 12.7. The number of amides is 2. The summed E-state index contributed by atoms with van der Waals surface area (Å²) in [6, 6.07) is 9.75. The first-order valence-electron chi connectivity index (χ1n) is 8.69. The molecule has 1 aliphatic carbocycles. The maximum atomic E-state index is 13.0. The fourth-order valence-corrected chi connectivity index (χ4v) is 3.46. The van der Waals surface area contributed by atoms with Crippen molar-refractivity contribution in [1.29, 1.82) is 0 Å². The van der Waals surface area contributed by atoms with Gasteiger partial charge in [-0.25, -0.2) is 0 Å². The highest BCUT2D eigenvalue weighted by Gasteiger charge is 2.36. The molecule has 2 aromatic rings. The van der Waals surface area contributed by atoms with E-state index in [9.17, 15) is 14.4 Å². The smallest absolute Gasteiger partial charge is 0.262 e. The number of nitrogens with zero attached hydrogens (tertiary/aromatic N) is 1. The number of rotatable bonds is 3. The molecule has 0 spiro atoms. The van der Waals surface area contributed by atoms with Crippen LogP contribution in [0.5, 0.6) is 0 Å². The molecule has 4 rings (SSSR count). The van der Waals surface area contributed by atoms with Gasteiger partial charge < -0.3 is 4.98 Å². The van der Waals surface area contributed by atoms with E-state index in [1.165, 1.54) is 11.1 Å². The Morgan fingerprint density at radius 1 is 1.00 bits per heavy atom. The lowest BCUT2D eigenvalue weighted by Crippen LogP contribution is -2.44. The Kier molecular flexibility index (Phi) is 4.13. The highest BCUT2D eigenvalue weighted by molar-refractivity contribution is 6.31. The first-order valence-corrected chi connectivity index (χ1v) is 8.69. The van der Waals surface area contributed by atoms with E-state index in [-0.39, 0.29) is 17.4 Å².